The normalized spacial score (nSPS) is 15.6. The Labute approximate surface area is 87.5 Å². The third-order valence-corrected chi connectivity index (χ3v) is 2.71. The Hall–Kier alpha value is 1.40. The van der Waals surface area contributed by atoms with Crippen molar-refractivity contribution in [2.24, 2.45) is 0 Å². The Morgan fingerprint density at radius 1 is 1.78 bits per heavy atom. The number of hydrogen-bond acceptors (Lipinski definition) is 2. The van der Waals surface area contributed by atoms with Crippen molar-refractivity contribution in [1.82, 2.24) is 0 Å². The Morgan fingerprint density at radius 2 is 2.11 bits per heavy atom. The molecule has 4 heteroatoms. The fourth-order valence-electron chi connectivity index (χ4n) is 0.139. The topological polar surface area (TPSA) is 20.2 Å². The van der Waals surface area contributed by atoms with E-state index in [0.29, 0.717) is 9.29 Å². The summed E-state index contributed by atoms with van der Waals surface area (Å²) in [5, 5.41) is 9.25. The van der Waals surface area contributed by atoms with Crippen molar-refractivity contribution in [1.29, 1.82) is 0 Å². The predicted molar refractivity (Wildman–Crippen MR) is 47.5 cm³/mol. The zero-order valence-electron chi connectivity index (χ0n) is 5.65. The van der Waals surface area contributed by atoms with Crippen molar-refractivity contribution in [2.45, 2.75) is 25.9 Å². The van der Waals surface area contributed by atoms with Gasteiger partial charge in [-0.15, -0.1) is 0 Å². The molecule has 0 aliphatic heterocycles. The van der Waals surface area contributed by atoms with Gasteiger partial charge in [-0.05, 0) is 35.9 Å². The van der Waals surface area contributed by atoms with Crippen LogP contribution in [-0.2, 0) is 19.5 Å². The van der Waals surface area contributed by atoms with Gasteiger partial charge in [-0.3, -0.25) is 0 Å². The van der Waals surface area contributed by atoms with E-state index in [-0.39, 0.29) is 19.5 Å². The molecule has 0 saturated carbocycles. The summed E-state index contributed by atoms with van der Waals surface area (Å²) in [4.78, 5) is 0. The van der Waals surface area contributed by atoms with Gasteiger partial charge >= 0.3 is 0 Å². The molecule has 0 bridgehead atoms. The summed E-state index contributed by atoms with van der Waals surface area (Å²) in [5.41, 5.74) is -0.740. The standard InChI is InChI=1S/C5H9IOS.Zn/c1-3-5(2,7)4(6)8;/h7H,3H2,1-2H3;. The van der Waals surface area contributed by atoms with Crippen LogP contribution in [0.25, 0.3) is 0 Å². The summed E-state index contributed by atoms with van der Waals surface area (Å²) in [6.07, 6.45) is 0.689. The number of rotatable bonds is 2. The number of aliphatic hydroxyl groups is 1. The monoisotopic (exact) mass is 308 g/mol. The van der Waals surface area contributed by atoms with Gasteiger partial charge in [-0.25, -0.2) is 0 Å². The van der Waals surface area contributed by atoms with Crippen LogP contribution in [-0.4, -0.2) is 13.6 Å². The number of thiocarbonyl (C=S) groups is 1. The predicted octanol–water partition coefficient (Wildman–Crippen LogP) is 1.91. The van der Waals surface area contributed by atoms with Crippen LogP contribution >= 0.6 is 34.8 Å². The maximum Gasteiger partial charge on any atom is 0.102 e. The molecule has 0 saturated heterocycles. The smallest absolute Gasteiger partial charge is 0.102 e. The van der Waals surface area contributed by atoms with Crippen LogP contribution in [0.1, 0.15) is 20.3 Å². The van der Waals surface area contributed by atoms with Crippen LogP contribution < -0.4 is 0 Å². The van der Waals surface area contributed by atoms with E-state index in [2.05, 4.69) is 0 Å². The third-order valence-electron chi connectivity index (χ3n) is 1.11. The van der Waals surface area contributed by atoms with Crippen LogP contribution in [0.15, 0.2) is 0 Å². The van der Waals surface area contributed by atoms with Crippen molar-refractivity contribution in [3.63, 3.8) is 0 Å². The second kappa shape index (κ2) is 5.11. The summed E-state index contributed by atoms with van der Waals surface area (Å²) >= 11 is 6.73. The second-order valence-electron chi connectivity index (χ2n) is 1.90. The third kappa shape index (κ3) is 4.76. The molecular formula is C5H9IOSZn. The van der Waals surface area contributed by atoms with Gasteiger partial charge in [0, 0.05) is 19.5 Å². The van der Waals surface area contributed by atoms with Gasteiger partial charge in [0.25, 0.3) is 0 Å². The molecule has 0 aromatic rings. The molecule has 0 heterocycles. The molecule has 0 spiro atoms. The van der Waals surface area contributed by atoms with Gasteiger partial charge in [-0.1, -0.05) is 19.1 Å². The maximum absolute atomic E-state index is 9.25. The van der Waals surface area contributed by atoms with Gasteiger partial charge in [0.15, 0.2) is 0 Å². The Balaban J connectivity index is 0. The van der Waals surface area contributed by atoms with Gasteiger partial charge in [0.2, 0.25) is 0 Å². The van der Waals surface area contributed by atoms with E-state index in [1.165, 1.54) is 0 Å². The molecule has 1 N–H and O–H groups in total. The second-order valence-corrected chi connectivity index (χ2v) is 4.12. The Morgan fingerprint density at radius 3 is 2.11 bits per heavy atom. The van der Waals surface area contributed by atoms with Crippen molar-refractivity contribution >= 4 is 37.7 Å². The molecule has 0 amide bonds. The minimum atomic E-state index is -0.740. The molecule has 9 heavy (non-hydrogen) atoms. The van der Waals surface area contributed by atoms with E-state index in [1.807, 2.05) is 29.5 Å². The van der Waals surface area contributed by atoms with Crippen molar-refractivity contribution in [2.75, 3.05) is 0 Å². The largest absolute Gasteiger partial charge is 0.384 e. The van der Waals surface area contributed by atoms with Gasteiger partial charge < -0.3 is 5.11 Å². The molecular weight excluding hydrogens is 300 g/mol. The van der Waals surface area contributed by atoms with Crippen LogP contribution in [0, 0.1) is 0 Å². The van der Waals surface area contributed by atoms with E-state index >= 15 is 0 Å². The van der Waals surface area contributed by atoms with Gasteiger partial charge in [0.1, 0.15) is 5.60 Å². The molecule has 50 valence electrons. The molecule has 1 unspecified atom stereocenters. The van der Waals surface area contributed by atoms with Crippen LogP contribution in [0.3, 0.4) is 0 Å². The molecule has 1 nitrogen and oxygen atoms in total. The first kappa shape index (κ1) is 13.0. The molecule has 0 aromatic carbocycles. The van der Waals surface area contributed by atoms with Crippen molar-refractivity contribution in [3.8, 4) is 0 Å². The minimum absolute atomic E-state index is 0. The van der Waals surface area contributed by atoms with Crippen LogP contribution in [0.5, 0.6) is 0 Å². The summed E-state index contributed by atoms with van der Waals surface area (Å²) in [6.45, 7) is 3.63. The first-order valence-electron chi connectivity index (χ1n) is 2.43. The number of halogens is 1. The van der Waals surface area contributed by atoms with E-state index < -0.39 is 5.60 Å². The molecule has 0 radical (unpaired) electrons. The van der Waals surface area contributed by atoms with Crippen LogP contribution in [0.2, 0.25) is 0 Å². The molecule has 0 fully saturated rings. The van der Waals surface area contributed by atoms with E-state index in [4.69, 9.17) is 12.2 Å². The molecule has 0 aliphatic rings. The zero-order valence-corrected chi connectivity index (χ0v) is 11.6. The zero-order chi connectivity index (χ0) is 6.78. The first-order chi connectivity index (χ1) is 3.50. The summed E-state index contributed by atoms with van der Waals surface area (Å²) in [6, 6.07) is 0. The van der Waals surface area contributed by atoms with E-state index in [0.717, 1.165) is 0 Å². The Kier molecular flexibility index (Phi) is 7.39. The molecule has 1 atom stereocenters. The molecule has 0 rings (SSSR count). The van der Waals surface area contributed by atoms with Gasteiger partial charge in [-0.2, -0.15) is 0 Å². The maximum atomic E-state index is 9.25. The average Bonchev–Trinajstić information content (AvgIpc) is 1.67. The first-order valence-corrected chi connectivity index (χ1v) is 3.91. The summed E-state index contributed by atoms with van der Waals surface area (Å²) in [7, 11) is 0. The van der Waals surface area contributed by atoms with Crippen molar-refractivity contribution in [3.05, 3.63) is 0 Å². The molecule has 0 aromatic heterocycles. The fourth-order valence-corrected chi connectivity index (χ4v) is 0.665. The van der Waals surface area contributed by atoms with E-state index in [9.17, 15) is 5.11 Å². The van der Waals surface area contributed by atoms with E-state index in [1.54, 1.807) is 6.92 Å². The van der Waals surface area contributed by atoms with Crippen LogP contribution in [0.4, 0.5) is 0 Å². The number of hydrogen-bond donors (Lipinski definition) is 1. The summed E-state index contributed by atoms with van der Waals surface area (Å²) in [5.74, 6) is 0. The quantitative estimate of drug-likeness (QED) is 0.364. The Bertz CT molecular complexity index is 105. The van der Waals surface area contributed by atoms with Gasteiger partial charge in [0.05, 0.1) is 2.87 Å². The molecule has 0 aliphatic carbocycles. The average molecular weight is 309 g/mol. The van der Waals surface area contributed by atoms with Crippen molar-refractivity contribution < 1.29 is 24.6 Å². The SMILES string of the molecule is CCC(C)(O)C(=S)I.[Zn]. The minimum Gasteiger partial charge on any atom is -0.384 e. The summed E-state index contributed by atoms with van der Waals surface area (Å²) < 4.78 is 0.637. The fraction of sp³-hybridized carbons (Fsp3) is 0.800.